The maximum atomic E-state index is 12.8. The van der Waals surface area contributed by atoms with Gasteiger partial charge in [0.25, 0.3) is 0 Å². The Balaban J connectivity index is 1.22. The lowest BCUT2D eigenvalue weighted by molar-refractivity contribution is -0.0260. The highest BCUT2D eigenvalue weighted by Crippen LogP contribution is 2.35. The number of rotatable bonds is 15. The van der Waals surface area contributed by atoms with Gasteiger partial charge in [-0.1, -0.05) is 58.1 Å². The van der Waals surface area contributed by atoms with Crippen LogP contribution in [0.2, 0.25) is 0 Å². The van der Waals surface area contributed by atoms with Gasteiger partial charge in [0, 0.05) is 55.6 Å². The molecule has 1 saturated heterocycles. The molecule has 2 N–H and O–H groups in total. The third-order valence-electron chi connectivity index (χ3n) is 9.06. The molecule has 0 radical (unpaired) electrons. The first-order valence-corrected chi connectivity index (χ1v) is 16.2. The number of carbonyl (C=O) groups excluding carboxylic acids is 1. The first-order valence-electron chi connectivity index (χ1n) is 16.2. The Bertz CT molecular complexity index is 1020. The molecular weight excluding hydrogens is 494 g/mol. The van der Waals surface area contributed by atoms with Crippen LogP contribution >= 0.6 is 0 Å². The number of ketones is 1. The zero-order chi connectivity index (χ0) is 28.2. The summed E-state index contributed by atoms with van der Waals surface area (Å²) in [5.41, 5.74) is 3.47. The van der Waals surface area contributed by atoms with Crippen LogP contribution in [0.15, 0.2) is 48.5 Å². The lowest BCUT2D eigenvalue weighted by Crippen LogP contribution is -2.43. The van der Waals surface area contributed by atoms with Crippen LogP contribution in [0, 0.1) is 0 Å². The van der Waals surface area contributed by atoms with Crippen LogP contribution in [0.4, 0.5) is 11.4 Å². The zero-order valence-corrected chi connectivity index (χ0v) is 25.2. The molecule has 5 heteroatoms. The molecule has 2 fully saturated rings. The van der Waals surface area contributed by atoms with Crippen molar-refractivity contribution >= 4 is 17.2 Å². The molecule has 0 amide bonds. The van der Waals surface area contributed by atoms with Crippen LogP contribution in [0.3, 0.4) is 0 Å². The number of benzene rings is 2. The second-order valence-corrected chi connectivity index (χ2v) is 12.2. The molecule has 40 heavy (non-hydrogen) atoms. The summed E-state index contributed by atoms with van der Waals surface area (Å²) in [4.78, 5) is 17.7. The van der Waals surface area contributed by atoms with E-state index in [0.717, 1.165) is 68.8 Å². The lowest BCUT2D eigenvalue weighted by atomic mass is 9.84. The molecule has 0 aromatic heterocycles. The first kappa shape index (κ1) is 30.6. The predicted molar refractivity (Wildman–Crippen MR) is 169 cm³/mol. The number of aliphatic hydroxyl groups is 1. The zero-order valence-electron chi connectivity index (χ0n) is 25.2. The molecule has 5 nitrogen and oxygen atoms in total. The van der Waals surface area contributed by atoms with Crippen molar-refractivity contribution in [2.24, 2.45) is 0 Å². The maximum absolute atomic E-state index is 12.8. The Hall–Kier alpha value is -2.37. The van der Waals surface area contributed by atoms with Gasteiger partial charge in [0.1, 0.15) is 0 Å². The Morgan fingerprint density at radius 3 is 2.27 bits per heavy atom. The molecule has 0 unspecified atom stereocenters. The van der Waals surface area contributed by atoms with Gasteiger partial charge in [-0.15, -0.1) is 0 Å². The quantitative estimate of drug-likeness (QED) is 0.223. The van der Waals surface area contributed by atoms with Crippen LogP contribution < -0.4 is 10.2 Å². The lowest BCUT2D eigenvalue weighted by Gasteiger charge is -2.39. The molecule has 1 aliphatic heterocycles. The van der Waals surface area contributed by atoms with Gasteiger partial charge in [-0.3, -0.25) is 4.79 Å². The second-order valence-electron chi connectivity index (χ2n) is 12.2. The number of hydrogen-bond donors (Lipinski definition) is 2. The van der Waals surface area contributed by atoms with Crippen molar-refractivity contribution in [3.8, 4) is 0 Å². The van der Waals surface area contributed by atoms with E-state index in [-0.39, 0.29) is 5.78 Å². The van der Waals surface area contributed by atoms with Crippen LogP contribution in [0.5, 0.6) is 0 Å². The number of anilines is 2. The van der Waals surface area contributed by atoms with Gasteiger partial charge in [0.05, 0.1) is 5.60 Å². The van der Waals surface area contributed by atoms with Crippen molar-refractivity contribution in [2.45, 2.75) is 109 Å². The highest BCUT2D eigenvalue weighted by Gasteiger charge is 2.34. The normalized spacial score (nSPS) is 18.0. The van der Waals surface area contributed by atoms with E-state index in [9.17, 15) is 9.90 Å². The molecule has 2 aromatic rings. The summed E-state index contributed by atoms with van der Waals surface area (Å²) in [6, 6.07) is 17.3. The molecule has 0 spiro atoms. The molecule has 0 atom stereocenters. The van der Waals surface area contributed by atoms with Crippen molar-refractivity contribution in [1.29, 1.82) is 0 Å². The van der Waals surface area contributed by atoms with Gasteiger partial charge in [-0.25, -0.2) is 0 Å². The Morgan fingerprint density at radius 1 is 0.950 bits per heavy atom. The molecule has 2 aromatic carbocycles. The SMILES string of the molecule is CCCCN(CCCC)c1cccc(C2(O)CCN(CCCC(=O)c3ccc(NC4CCCCC4)cc3)CC2)c1. The average Bonchev–Trinajstić information content (AvgIpc) is 2.99. The molecule has 220 valence electrons. The molecule has 1 aliphatic carbocycles. The Kier molecular flexibility index (Phi) is 11.9. The summed E-state index contributed by atoms with van der Waals surface area (Å²) in [6.45, 7) is 9.28. The molecule has 2 aliphatic rings. The maximum Gasteiger partial charge on any atom is 0.162 e. The summed E-state index contributed by atoms with van der Waals surface area (Å²) in [6.07, 6.45) is 14.2. The average molecular weight is 548 g/mol. The number of nitrogens with zero attached hydrogens (tertiary/aromatic N) is 2. The van der Waals surface area contributed by atoms with Gasteiger partial charge in [-0.05, 0) is 93.5 Å². The smallest absolute Gasteiger partial charge is 0.162 e. The van der Waals surface area contributed by atoms with Gasteiger partial charge < -0.3 is 20.2 Å². The van der Waals surface area contributed by atoms with E-state index in [0.29, 0.717) is 12.5 Å². The third kappa shape index (κ3) is 8.81. The minimum atomic E-state index is -0.767. The number of nitrogens with one attached hydrogen (secondary N) is 1. The van der Waals surface area contributed by atoms with E-state index in [1.807, 2.05) is 12.1 Å². The van der Waals surface area contributed by atoms with Crippen molar-refractivity contribution in [3.63, 3.8) is 0 Å². The predicted octanol–water partition coefficient (Wildman–Crippen LogP) is 7.78. The van der Waals surface area contributed by atoms with E-state index >= 15 is 0 Å². The summed E-state index contributed by atoms with van der Waals surface area (Å²) in [5.74, 6) is 0.227. The highest BCUT2D eigenvalue weighted by molar-refractivity contribution is 5.96. The monoisotopic (exact) mass is 547 g/mol. The second kappa shape index (κ2) is 15.6. The summed E-state index contributed by atoms with van der Waals surface area (Å²) >= 11 is 0. The molecule has 4 rings (SSSR count). The summed E-state index contributed by atoms with van der Waals surface area (Å²) < 4.78 is 0. The third-order valence-corrected chi connectivity index (χ3v) is 9.06. The van der Waals surface area contributed by atoms with Crippen molar-refractivity contribution < 1.29 is 9.90 Å². The van der Waals surface area contributed by atoms with Gasteiger partial charge in [0.2, 0.25) is 0 Å². The number of piperidine rings is 1. The topological polar surface area (TPSA) is 55.8 Å². The first-order chi connectivity index (χ1) is 19.5. The Labute approximate surface area is 243 Å². The fourth-order valence-electron chi connectivity index (χ4n) is 6.34. The number of hydrogen-bond acceptors (Lipinski definition) is 5. The van der Waals surface area contributed by atoms with Gasteiger partial charge >= 0.3 is 0 Å². The minimum absolute atomic E-state index is 0.227. The standard InChI is InChI=1S/C35H53N3O2/c1-3-5-24-38(25-6-4-2)33-15-10-12-30(28-33)35(40)21-26-37(27-22-35)23-11-16-34(39)29-17-19-32(20-18-29)36-31-13-8-7-9-14-31/h10,12,15,17-20,28,31,36,40H,3-9,11,13-14,16,21-27H2,1-2H3. The Morgan fingerprint density at radius 2 is 1.62 bits per heavy atom. The molecule has 1 saturated carbocycles. The molecule has 1 heterocycles. The fourth-order valence-corrected chi connectivity index (χ4v) is 6.34. The van der Waals surface area contributed by atoms with Gasteiger partial charge in [0.15, 0.2) is 5.78 Å². The van der Waals surface area contributed by atoms with Crippen LogP contribution in [-0.2, 0) is 5.60 Å². The number of likely N-dealkylation sites (tertiary alicyclic amines) is 1. The minimum Gasteiger partial charge on any atom is -0.385 e. The van der Waals surface area contributed by atoms with Crippen LogP contribution in [0.25, 0.3) is 0 Å². The van der Waals surface area contributed by atoms with E-state index in [4.69, 9.17) is 0 Å². The largest absolute Gasteiger partial charge is 0.385 e. The number of carbonyl (C=O) groups is 1. The fraction of sp³-hybridized carbons (Fsp3) is 0.629. The number of Topliss-reactive ketones (excluding diaryl/α,β-unsaturated/α-hetero) is 1. The van der Waals surface area contributed by atoms with E-state index in [2.05, 4.69) is 65.4 Å². The van der Waals surface area contributed by atoms with E-state index in [1.54, 1.807) is 0 Å². The van der Waals surface area contributed by atoms with E-state index < -0.39 is 5.60 Å². The van der Waals surface area contributed by atoms with Crippen molar-refractivity contribution in [1.82, 2.24) is 4.90 Å². The van der Waals surface area contributed by atoms with Crippen LogP contribution in [0.1, 0.15) is 113 Å². The van der Waals surface area contributed by atoms with Crippen molar-refractivity contribution in [2.75, 3.05) is 42.9 Å². The summed E-state index contributed by atoms with van der Waals surface area (Å²) in [5, 5.41) is 15.2. The number of unbranched alkanes of at least 4 members (excludes halogenated alkanes) is 2. The molecule has 0 bridgehead atoms. The molecular formula is C35H53N3O2. The summed E-state index contributed by atoms with van der Waals surface area (Å²) in [7, 11) is 0. The van der Waals surface area contributed by atoms with E-state index in [1.165, 1.54) is 63.5 Å². The van der Waals surface area contributed by atoms with Crippen molar-refractivity contribution in [3.05, 3.63) is 59.7 Å². The van der Waals surface area contributed by atoms with Crippen LogP contribution in [-0.4, -0.2) is 54.6 Å². The van der Waals surface area contributed by atoms with Gasteiger partial charge in [-0.2, -0.15) is 0 Å². The highest BCUT2D eigenvalue weighted by atomic mass is 16.3.